The molecule has 0 aliphatic heterocycles. The van der Waals surface area contributed by atoms with Gasteiger partial charge in [-0.25, -0.2) is 4.39 Å². The molecular weight excluding hydrogens is 455 g/mol. The summed E-state index contributed by atoms with van der Waals surface area (Å²) >= 11 is 0. The molecule has 0 saturated carbocycles. The smallest absolute Gasteiger partial charge is 0.220 e. The number of amides is 1. The number of hydrogen-bond acceptors (Lipinski definition) is 3. The van der Waals surface area contributed by atoms with Crippen LogP contribution in [-0.2, 0) is 11.3 Å². The molecule has 1 amide bonds. The van der Waals surface area contributed by atoms with E-state index >= 15 is 0 Å². The Morgan fingerprint density at radius 1 is 0.972 bits per heavy atom. The van der Waals surface area contributed by atoms with Crippen molar-refractivity contribution in [1.29, 1.82) is 0 Å². The van der Waals surface area contributed by atoms with Crippen molar-refractivity contribution in [2.75, 3.05) is 20.8 Å². The number of rotatable bonds is 10. The predicted molar refractivity (Wildman–Crippen MR) is 141 cm³/mol. The zero-order valence-corrected chi connectivity index (χ0v) is 21.3. The van der Waals surface area contributed by atoms with Gasteiger partial charge in [0, 0.05) is 42.5 Å². The van der Waals surface area contributed by atoms with Gasteiger partial charge in [-0.05, 0) is 52.9 Å². The van der Waals surface area contributed by atoms with Gasteiger partial charge in [-0.1, -0.05) is 50.2 Å². The molecule has 1 heterocycles. The van der Waals surface area contributed by atoms with Crippen molar-refractivity contribution < 1.29 is 18.7 Å². The van der Waals surface area contributed by atoms with Crippen LogP contribution in [0.15, 0.2) is 72.9 Å². The summed E-state index contributed by atoms with van der Waals surface area (Å²) in [7, 11) is 3.22. The third-order valence-electron chi connectivity index (χ3n) is 6.37. The Morgan fingerprint density at radius 2 is 1.69 bits per heavy atom. The van der Waals surface area contributed by atoms with E-state index in [4.69, 9.17) is 9.47 Å². The van der Waals surface area contributed by atoms with Crippen molar-refractivity contribution in [1.82, 2.24) is 9.88 Å². The van der Waals surface area contributed by atoms with Crippen LogP contribution < -0.4 is 14.8 Å². The Hall–Kier alpha value is -3.80. The van der Waals surface area contributed by atoms with Crippen LogP contribution >= 0.6 is 0 Å². The number of carbonyl (C=O) groups excluding carboxylic acids is 1. The lowest BCUT2D eigenvalue weighted by Crippen LogP contribution is -2.28. The van der Waals surface area contributed by atoms with Crippen LogP contribution in [0, 0.1) is 11.7 Å². The van der Waals surface area contributed by atoms with Crippen molar-refractivity contribution in [3.8, 4) is 11.5 Å². The summed E-state index contributed by atoms with van der Waals surface area (Å²) in [6.45, 7) is 5.38. The Labute approximate surface area is 211 Å². The second-order valence-corrected chi connectivity index (χ2v) is 9.43. The largest absolute Gasteiger partial charge is 0.493 e. The molecule has 0 aliphatic carbocycles. The maximum Gasteiger partial charge on any atom is 0.220 e. The maximum atomic E-state index is 13.5. The number of para-hydroxylation sites is 1. The van der Waals surface area contributed by atoms with Crippen molar-refractivity contribution in [3.63, 3.8) is 0 Å². The lowest BCUT2D eigenvalue weighted by molar-refractivity contribution is -0.121. The monoisotopic (exact) mass is 488 g/mol. The quantitative estimate of drug-likeness (QED) is 0.292. The summed E-state index contributed by atoms with van der Waals surface area (Å²) in [5.74, 6) is 1.18. The van der Waals surface area contributed by atoms with Crippen LogP contribution in [0.1, 0.15) is 42.9 Å². The van der Waals surface area contributed by atoms with Gasteiger partial charge in [-0.15, -0.1) is 0 Å². The van der Waals surface area contributed by atoms with Crippen LogP contribution in [0.5, 0.6) is 11.5 Å². The van der Waals surface area contributed by atoms with Gasteiger partial charge in [0.25, 0.3) is 0 Å². The van der Waals surface area contributed by atoms with Gasteiger partial charge >= 0.3 is 0 Å². The van der Waals surface area contributed by atoms with Crippen LogP contribution in [0.2, 0.25) is 0 Å². The molecule has 5 nitrogen and oxygen atoms in total. The molecule has 0 spiro atoms. The molecule has 1 atom stereocenters. The maximum absolute atomic E-state index is 13.5. The fraction of sp³-hybridized carbons (Fsp3) is 0.300. The van der Waals surface area contributed by atoms with E-state index in [0.717, 1.165) is 27.6 Å². The van der Waals surface area contributed by atoms with E-state index in [0.29, 0.717) is 36.9 Å². The number of carbonyl (C=O) groups is 1. The van der Waals surface area contributed by atoms with Crippen molar-refractivity contribution in [3.05, 3.63) is 95.4 Å². The zero-order valence-electron chi connectivity index (χ0n) is 21.3. The topological polar surface area (TPSA) is 52.5 Å². The highest BCUT2D eigenvalue weighted by atomic mass is 19.1. The third-order valence-corrected chi connectivity index (χ3v) is 6.37. The summed E-state index contributed by atoms with van der Waals surface area (Å²) in [5, 5.41) is 4.15. The molecule has 0 aliphatic rings. The van der Waals surface area contributed by atoms with Gasteiger partial charge in [0.2, 0.25) is 5.91 Å². The number of aromatic nitrogens is 1. The highest BCUT2D eigenvalue weighted by Crippen LogP contribution is 2.38. The molecule has 6 heteroatoms. The standard InChI is InChI=1S/C30H33FN2O3/c1-20(2)17-32-30(34)16-25(22-11-14-28(35-3)29(15-22)36-4)26-19-33(27-8-6-5-7-24(26)27)18-21-9-12-23(31)13-10-21/h5-15,19-20,25H,16-18H2,1-4H3,(H,32,34). The first-order valence-corrected chi connectivity index (χ1v) is 12.2. The normalized spacial score (nSPS) is 12.1. The Balaban J connectivity index is 1.79. The molecule has 0 fully saturated rings. The fourth-order valence-corrected chi connectivity index (χ4v) is 4.52. The highest BCUT2D eigenvalue weighted by molar-refractivity contribution is 5.87. The number of fused-ring (bicyclic) bond motifs is 1. The molecular formula is C30H33FN2O3. The first-order valence-electron chi connectivity index (χ1n) is 12.2. The van der Waals surface area contributed by atoms with Crippen LogP contribution in [0.4, 0.5) is 4.39 Å². The molecule has 4 rings (SSSR count). The van der Waals surface area contributed by atoms with Gasteiger partial charge in [0.05, 0.1) is 14.2 Å². The number of nitrogens with one attached hydrogen (secondary N) is 1. The van der Waals surface area contributed by atoms with E-state index in [2.05, 4.69) is 42.1 Å². The van der Waals surface area contributed by atoms with E-state index in [-0.39, 0.29) is 17.6 Å². The third kappa shape index (κ3) is 5.70. The van der Waals surface area contributed by atoms with E-state index in [1.54, 1.807) is 26.4 Å². The van der Waals surface area contributed by atoms with Gasteiger partial charge < -0.3 is 19.4 Å². The number of nitrogens with zero attached hydrogens (tertiary/aromatic N) is 1. The first-order chi connectivity index (χ1) is 17.4. The Morgan fingerprint density at radius 3 is 2.39 bits per heavy atom. The second-order valence-electron chi connectivity index (χ2n) is 9.43. The molecule has 3 aromatic carbocycles. The summed E-state index contributed by atoms with van der Waals surface area (Å²) in [4.78, 5) is 13.0. The molecule has 188 valence electrons. The SMILES string of the molecule is COc1ccc(C(CC(=O)NCC(C)C)c2cn(Cc3ccc(F)cc3)c3ccccc23)cc1OC. The average molecular weight is 489 g/mol. The number of benzene rings is 3. The second kappa shape index (κ2) is 11.3. The van der Waals surface area contributed by atoms with E-state index in [9.17, 15) is 9.18 Å². The number of methoxy groups -OCH3 is 2. The minimum atomic E-state index is -0.252. The fourth-order valence-electron chi connectivity index (χ4n) is 4.52. The molecule has 0 bridgehead atoms. The molecule has 1 aromatic heterocycles. The van der Waals surface area contributed by atoms with Gasteiger partial charge in [-0.2, -0.15) is 0 Å². The zero-order chi connectivity index (χ0) is 25.7. The van der Waals surface area contributed by atoms with Crippen molar-refractivity contribution in [2.45, 2.75) is 32.7 Å². The molecule has 1 N–H and O–H groups in total. The summed E-state index contributed by atoms with van der Waals surface area (Å²) in [5.41, 5.74) is 4.09. The minimum absolute atomic E-state index is 0.00106. The lowest BCUT2D eigenvalue weighted by Gasteiger charge is -2.19. The molecule has 36 heavy (non-hydrogen) atoms. The molecule has 0 saturated heterocycles. The van der Waals surface area contributed by atoms with Crippen molar-refractivity contribution in [2.24, 2.45) is 5.92 Å². The predicted octanol–water partition coefficient (Wildman–Crippen LogP) is 6.14. The lowest BCUT2D eigenvalue weighted by atomic mass is 9.87. The van der Waals surface area contributed by atoms with E-state index in [1.807, 2.05) is 30.3 Å². The van der Waals surface area contributed by atoms with Gasteiger partial charge in [0.1, 0.15) is 5.82 Å². The van der Waals surface area contributed by atoms with E-state index < -0.39 is 0 Å². The van der Waals surface area contributed by atoms with Gasteiger partial charge in [-0.3, -0.25) is 4.79 Å². The minimum Gasteiger partial charge on any atom is -0.493 e. The Kier molecular flexibility index (Phi) is 7.93. The van der Waals surface area contributed by atoms with Crippen LogP contribution in [0.3, 0.4) is 0 Å². The van der Waals surface area contributed by atoms with Crippen molar-refractivity contribution >= 4 is 16.8 Å². The van der Waals surface area contributed by atoms with E-state index in [1.165, 1.54) is 12.1 Å². The number of ether oxygens (including phenoxy) is 2. The summed E-state index contributed by atoms with van der Waals surface area (Å²) in [6.07, 6.45) is 2.41. The van der Waals surface area contributed by atoms with Crippen LogP contribution in [-0.4, -0.2) is 31.2 Å². The molecule has 0 radical (unpaired) electrons. The highest BCUT2D eigenvalue weighted by Gasteiger charge is 2.24. The van der Waals surface area contributed by atoms with Gasteiger partial charge in [0.15, 0.2) is 11.5 Å². The Bertz CT molecular complexity index is 1330. The number of halogens is 1. The average Bonchev–Trinajstić information content (AvgIpc) is 3.25. The molecule has 1 unspecified atom stereocenters. The van der Waals surface area contributed by atoms with Crippen LogP contribution in [0.25, 0.3) is 10.9 Å². The molecule has 4 aromatic rings. The summed E-state index contributed by atoms with van der Waals surface area (Å²) in [6, 6.07) is 20.6. The number of hydrogen-bond donors (Lipinski definition) is 1. The first kappa shape index (κ1) is 25.3. The summed E-state index contributed by atoms with van der Waals surface area (Å²) < 4.78 is 26.6.